The van der Waals surface area contributed by atoms with Crippen LogP contribution in [0.1, 0.15) is 26.2 Å². The highest BCUT2D eigenvalue weighted by Gasteiger charge is 2.38. The largest absolute Gasteiger partial charge is 0.395 e. The fourth-order valence-corrected chi connectivity index (χ4v) is 3.13. The van der Waals surface area contributed by atoms with E-state index in [1.165, 1.54) is 19.3 Å². The molecule has 0 radical (unpaired) electrons. The molecular weight excluding hydrogens is 214 g/mol. The van der Waals surface area contributed by atoms with Crippen LogP contribution < -0.4 is 5.73 Å². The third-order valence-electron chi connectivity index (χ3n) is 4.32. The molecule has 1 saturated heterocycles. The van der Waals surface area contributed by atoms with Crippen molar-refractivity contribution in [1.82, 2.24) is 9.80 Å². The van der Waals surface area contributed by atoms with Gasteiger partial charge in [-0.2, -0.15) is 0 Å². The molecule has 0 aromatic heterocycles. The average Bonchev–Trinajstić information content (AvgIpc) is 3.10. The maximum absolute atomic E-state index is 9.67. The summed E-state index contributed by atoms with van der Waals surface area (Å²) in [6.07, 6.45) is 3.67. The molecule has 1 saturated carbocycles. The molecule has 1 aliphatic heterocycles. The first-order valence-electron chi connectivity index (χ1n) is 6.94. The van der Waals surface area contributed by atoms with Gasteiger partial charge in [0.2, 0.25) is 0 Å². The number of hydrogen-bond donors (Lipinski definition) is 2. The summed E-state index contributed by atoms with van der Waals surface area (Å²) in [5.41, 5.74) is 6.30. The molecule has 3 N–H and O–H groups in total. The van der Waals surface area contributed by atoms with Crippen LogP contribution in [0.5, 0.6) is 0 Å². The van der Waals surface area contributed by atoms with E-state index in [2.05, 4.69) is 23.8 Å². The normalized spacial score (nSPS) is 32.1. The summed E-state index contributed by atoms with van der Waals surface area (Å²) in [5.74, 6) is 0.653. The predicted octanol–water partition coefficient (Wildman–Crippen LogP) is 0.111. The number of rotatable bonds is 4. The van der Waals surface area contributed by atoms with Gasteiger partial charge in [-0.05, 0) is 45.7 Å². The molecule has 1 aliphatic carbocycles. The fraction of sp³-hybridized carbons (Fsp3) is 1.00. The zero-order valence-electron chi connectivity index (χ0n) is 11.2. The number of nitrogens with two attached hydrogens (primary N) is 1. The van der Waals surface area contributed by atoms with Crippen LogP contribution in [0.15, 0.2) is 0 Å². The second-order valence-electron chi connectivity index (χ2n) is 5.87. The van der Waals surface area contributed by atoms with E-state index in [0.717, 1.165) is 19.6 Å². The van der Waals surface area contributed by atoms with Crippen molar-refractivity contribution in [3.63, 3.8) is 0 Å². The number of hydrogen-bond acceptors (Lipinski definition) is 4. The van der Waals surface area contributed by atoms with E-state index in [1.807, 2.05) is 0 Å². The number of likely N-dealkylation sites (N-methyl/N-ethyl adjacent to an activating group) is 1. The van der Waals surface area contributed by atoms with Gasteiger partial charge < -0.3 is 15.7 Å². The topological polar surface area (TPSA) is 52.7 Å². The second-order valence-corrected chi connectivity index (χ2v) is 5.87. The summed E-state index contributed by atoms with van der Waals surface area (Å²) in [6, 6.07) is 0.805. The Balaban J connectivity index is 2.00. The van der Waals surface area contributed by atoms with Crippen molar-refractivity contribution in [2.24, 2.45) is 11.7 Å². The first-order valence-corrected chi connectivity index (χ1v) is 6.94. The minimum atomic E-state index is 0.156. The van der Waals surface area contributed by atoms with Gasteiger partial charge in [0, 0.05) is 31.2 Å². The van der Waals surface area contributed by atoms with Crippen LogP contribution in [0.2, 0.25) is 0 Å². The third-order valence-corrected chi connectivity index (χ3v) is 4.32. The van der Waals surface area contributed by atoms with Gasteiger partial charge in [-0.3, -0.25) is 4.90 Å². The Labute approximate surface area is 105 Å². The molecule has 1 heterocycles. The van der Waals surface area contributed by atoms with E-state index in [0.29, 0.717) is 12.0 Å². The lowest BCUT2D eigenvalue weighted by molar-refractivity contribution is 0.0693. The van der Waals surface area contributed by atoms with Gasteiger partial charge in [0.15, 0.2) is 0 Å². The third kappa shape index (κ3) is 3.19. The number of nitrogens with zero attached hydrogens (tertiary/aromatic N) is 2. The summed E-state index contributed by atoms with van der Waals surface area (Å²) < 4.78 is 0. The van der Waals surface area contributed by atoms with Crippen molar-refractivity contribution < 1.29 is 5.11 Å². The molecule has 4 nitrogen and oxygen atoms in total. The highest BCUT2D eigenvalue weighted by Crippen LogP contribution is 2.34. The van der Waals surface area contributed by atoms with Gasteiger partial charge >= 0.3 is 0 Å². The van der Waals surface area contributed by atoms with Crippen molar-refractivity contribution in [1.29, 1.82) is 0 Å². The lowest BCUT2D eigenvalue weighted by atomic mass is 10.0. The maximum atomic E-state index is 9.67. The Morgan fingerprint density at radius 2 is 2.06 bits per heavy atom. The molecular formula is C13H27N3O. The lowest BCUT2D eigenvalue weighted by Crippen LogP contribution is -2.55. The molecule has 2 aliphatic rings. The summed E-state index contributed by atoms with van der Waals surface area (Å²) in [4.78, 5) is 4.81. The van der Waals surface area contributed by atoms with Crippen LogP contribution in [-0.2, 0) is 0 Å². The maximum Gasteiger partial charge on any atom is 0.0602 e. The van der Waals surface area contributed by atoms with Gasteiger partial charge in [0.25, 0.3) is 0 Å². The summed E-state index contributed by atoms with van der Waals surface area (Å²) in [7, 11) is 2.18. The molecule has 3 unspecified atom stereocenters. The highest BCUT2D eigenvalue weighted by molar-refractivity contribution is 4.95. The van der Waals surface area contributed by atoms with Crippen LogP contribution >= 0.6 is 0 Å². The SMILES string of the molecule is CC1CN(C)CCCN1C(CO)C(N)C1CC1. The Hall–Kier alpha value is -0.160. The standard InChI is InChI=1S/C13H27N3O/c1-10-8-15(2)6-3-7-16(10)12(9-17)13(14)11-4-5-11/h10-13,17H,3-9,14H2,1-2H3. The van der Waals surface area contributed by atoms with Gasteiger partial charge in [-0.15, -0.1) is 0 Å². The summed E-state index contributed by atoms with van der Waals surface area (Å²) in [5, 5.41) is 9.67. The van der Waals surface area contributed by atoms with Crippen LogP contribution in [0, 0.1) is 5.92 Å². The van der Waals surface area contributed by atoms with E-state index in [1.54, 1.807) is 0 Å². The van der Waals surface area contributed by atoms with E-state index in [4.69, 9.17) is 5.73 Å². The molecule has 0 spiro atoms. The van der Waals surface area contributed by atoms with E-state index in [9.17, 15) is 5.11 Å². The molecule has 2 rings (SSSR count). The number of aliphatic hydroxyl groups excluding tert-OH is 1. The molecule has 0 aromatic rings. The second kappa shape index (κ2) is 5.65. The smallest absolute Gasteiger partial charge is 0.0602 e. The molecule has 100 valence electrons. The van der Waals surface area contributed by atoms with E-state index >= 15 is 0 Å². The zero-order valence-corrected chi connectivity index (χ0v) is 11.2. The Morgan fingerprint density at radius 3 is 2.65 bits per heavy atom. The van der Waals surface area contributed by atoms with E-state index in [-0.39, 0.29) is 18.7 Å². The van der Waals surface area contributed by atoms with Crippen LogP contribution in [0.3, 0.4) is 0 Å². The van der Waals surface area contributed by atoms with Crippen molar-refractivity contribution in [2.45, 2.75) is 44.3 Å². The predicted molar refractivity (Wildman–Crippen MR) is 69.9 cm³/mol. The van der Waals surface area contributed by atoms with Crippen molar-refractivity contribution in [3.8, 4) is 0 Å². The molecule has 0 aromatic carbocycles. The minimum absolute atomic E-state index is 0.156. The van der Waals surface area contributed by atoms with E-state index < -0.39 is 0 Å². The van der Waals surface area contributed by atoms with Crippen LogP contribution in [0.25, 0.3) is 0 Å². The Kier molecular flexibility index (Phi) is 4.42. The first kappa shape index (κ1) is 13.3. The van der Waals surface area contributed by atoms with Gasteiger partial charge in [-0.25, -0.2) is 0 Å². The monoisotopic (exact) mass is 241 g/mol. The first-order chi connectivity index (χ1) is 8.13. The summed E-state index contributed by atoms with van der Waals surface area (Å²) in [6.45, 7) is 5.75. The average molecular weight is 241 g/mol. The van der Waals surface area contributed by atoms with Crippen molar-refractivity contribution >= 4 is 0 Å². The Morgan fingerprint density at radius 1 is 1.35 bits per heavy atom. The van der Waals surface area contributed by atoms with Crippen LogP contribution in [-0.4, -0.2) is 66.3 Å². The number of aliphatic hydroxyl groups is 1. The lowest BCUT2D eigenvalue weighted by Gasteiger charge is -2.38. The Bertz CT molecular complexity index is 245. The summed E-state index contributed by atoms with van der Waals surface area (Å²) >= 11 is 0. The molecule has 4 heteroatoms. The molecule has 17 heavy (non-hydrogen) atoms. The molecule has 0 amide bonds. The van der Waals surface area contributed by atoms with Crippen LogP contribution in [0.4, 0.5) is 0 Å². The fourth-order valence-electron chi connectivity index (χ4n) is 3.13. The molecule has 3 atom stereocenters. The quantitative estimate of drug-likeness (QED) is 0.733. The molecule has 0 bridgehead atoms. The van der Waals surface area contributed by atoms with Crippen molar-refractivity contribution in [3.05, 3.63) is 0 Å². The molecule has 2 fully saturated rings. The van der Waals surface area contributed by atoms with Gasteiger partial charge in [0.1, 0.15) is 0 Å². The highest BCUT2D eigenvalue weighted by atomic mass is 16.3. The van der Waals surface area contributed by atoms with Gasteiger partial charge in [-0.1, -0.05) is 0 Å². The zero-order chi connectivity index (χ0) is 12.4. The minimum Gasteiger partial charge on any atom is -0.395 e. The van der Waals surface area contributed by atoms with Gasteiger partial charge in [0.05, 0.1) is 6.61 Å². The van der Waals surface area contributed by atoms with Crippen molar-refractivity contribution in [2.75, 3.05) is 33.3 Å².